The summed E-state index contributed by atoms with van der Waals surface area (Å²) in [5.74, 6) is -1.91. The minimum absolute atomic E-state index is 0.0208. The lowest BCUT2D eigenvalue weighted by Crippen LogP contribution is -2.26. The Morgan fingerprint density at radius 3 is 2.24 bits per heavy atom. The van der Waals surface area contributed by atoms with E-state index in [1.807, 2.05) is 32.0 Å². The summed E-state index contributed by atoms with van der Waals surface area (Å²) in [6, 6.07) is 23.9. The van der Waals surface area contributed by atoms with E-state index in [1.54, 1.807) is 36.4 Å². The first-order valence-corrected chi connectivity index (χ1v) is 13.3. The molecule has 8 heteroatoms. The van der Waals surface area contributed by atoms with E-state index in [4.69, 9.17) is 4.74 Å². The summed E-state index contributed by atoms with van der Waals surface area (Å²) < 4.78 is 32.2. The molecule has 1 atom stereocenters. The van der Waals surface area contributed by atoms with Gasteiger partial charge >= 0.3 is 5.97 Å². The van der Waals surface area contributed by atoms with Crippen molar-refractivity contribution in [3.63, 3.8) is 0 Å². The number of rotatable bonds is 5. The monoisotopic (exact) mass is 525 g/mol. The fourth-order valence-electron chi connectivity index (χ4n) is 4.36. The van der Waals surface area contributed by atoms with Gasteiger partial charge < -0.3 is 10.1 Å². The van der Waals surface area contributed by atoms with E-state index < -0.39 is 33.6 Å². The number of sulfone groups is 1. The molecule has 4 aromatic carbocycles. The van der Waals surface area contributed by atoms with Gasteiger partial charge in [-0.2, -0.15) is 0 Å². The standard InChI is InChI=1S/C30H23NO6S/c1-18-12-13-19(2)24(16-18)31-29(33)28(20-8-4-3-5-9-20)37-30(34)21-14-15-23-26(17-21)38(35,36)25-11-7-6-10-22(25)27(23)32/h3-17,28H,1-2H3,(H,31,33)/t28-/m1/s1. The minimum Gasteiger partial charge on any atom is -0.444 e. The van der Waals surface area contributed by atoms with Crippen molar-refractivity contribution in [2.45, 2.75) is 29.7 Å². The van der Waals surface area contributed by atoms with Crippen molar-refractivity contribution in [3.05, 3.63) is 124 Å². The Balaban J connectivity index is 1.48. The molecule has 1 aliphatic rings. The molecule has 1 amide bonds. The quantitative estimate of drug-likeness (QED) is 0.316. The van der Waals surface area contributed by atoms with Crippen molar-refractivity contribution >= 4 is 33.2 Å². The molecular formula is C30H23NO6S. The number of hydrogen-bond donors (Lipinski definition) is 1. The molecule has 0 unspecified atom stereocenters. The normalized spacial score (nSPS) is 14.1. The smallest absolute Gasteiger partial charge is 0.339 e. The van der Waals surface area contributed by atoms with Gasteiger partial charge in [-0.3, -0.25) is 9.59 Å². The molecule has 1 aliphatic heterocycles. The van der Waals surface area contributed by atoms with E-state index in [-0.39, 0.29) is 26.5 Å². The number of hydrogen-bond acceptors (Lipinski definition) is 6. The Bertz CT molecular complexity index is 1710. The Morgan fingerprint density at radius 2 is 1.47 bits per heavy atom. The highest BCUT2D eigenvalue weighted by Crippen LogP contribution is 2.35. The zero-order valence-electron chi connectivity index (χ0n) is 20.6. The van der Waals surface area contributed by atoms with E-state index in [9.17, 15) is 22.8 Å². The second-order valence-electron chi connectivity index (χ2n) is 9.04. The van der Waals surface area contributed by atoms with Gasteiger partial charge in [0.25, 0.3) is 5.91 Å². The molecule has 1 heterocycles. The number of carbonyl (C=O) groups excluding carboxylic acids is 3. The number of amides is 1. The number of fused-ring (bicyclic) bond motifs is 2. The molecule has 0 aromatic heterocycles. The van der Waals surface area contributed by atoms with Gasteiger partial charge in [0.2, 0.25) is 15.9 Å². The topological polar surface area (TPSA) is 107 Å². The number of ketones is 1. The molecule has 1 N–H and O–H groups in total. The van der Waals surface area contributed by atoms with Gasteiger partial charge in [-0.15, -0.1) is 0 Å². The first kappa shape index (κ1) is 25.1. The van der Waals surface area contributed by atoms with Gasteiger partial charge in [0, 0.05) is 22.4 Å². The molecule has 190 valence electrons. The molecule has 0 radical (unpaired) electrons. The maximum atomic E-state index is 13.3. The summed E-state index contributed by atoms with van der Waals surface area (Å²) >= 11 is 0. The van der Waals surface area contributed by atoms with Crippen LogP contribution in [0.2, 0.25) is 0 Å². The zero-order chi connectivity index (χ0) is 27.0. The number of carbonyl (C=O) groups is 3. The van der Waals surface area contributed by atoms with Gasteiger partial charge in [-0.25, -0.2) is 13.2 Å². The Morgan fingerprint density at radius 1 is 0.789 bits per heavy atom. The number of ether oxygens (including phenoxy) is 1. The van der Waals surface area contributed by atoms with Crippen LogP contribution in [0.1, 0.15) is 49.1 Å². The molecule has 0 bridgehead atoms. The molecule has 38 heavy (non-hydrogen) atoms. The van der Waals surface area contributed by atoms with Crippen LogP contribution >= 0.6 is 0 Å². The summed E-state index contributed by atoms with van der Waals surface area (Å²) in [7, 11) is -4.04. The lowest BCUT2D eigenvalue weighted by molar-refractivity contribution is -0.125. The van der Waals surface area contributed by atoms with Crippen LogP contribution in [0.4, 0.5) is 5.69 Å². The maximum absolute atomic E-state index is 13.3. The highest BCUT2D eigenvalue weighted by molar-refractivity contribution is 7.91. The second kappa shape index (κ2) is 9.72. The fraction of sp³-hybridized carbons (Fsp3) is 0.100. The molecule has 0 saturated carbocycles. The molecular weight excluding hydrogens is 502 g/mol. The second-order valence-corrected chi connectivity index (χ2v) is 10.9. The van der Waals surface area contributed by atoms with Crippen molar-refractivity contribution in [2.75, 3.05) is 5.32 Å². The molecule has 0 spiro atoms. The lowest BCUT2D eigenvalue weighted by atomic mass is 10.0. The van der Waals surface area contributed by atoms with Gasteiger partial charge in [0.05, 0.1) is 15.4 Å². The third-order valence-electron chi connectivity index (χ3n) is 6.39. The SMILES string of the molecule is Cc1ccc(C)c(NC(=O)[C@H](OC(=O)c2ccc3c(c2)S(=O)(=O)c2ccccc2C3=O)c2ccccc2)c1. The first-order valence-electron chi connectivity index (χ1n) is 11.8. The molecule has 0 saturated heterocycles. The molecule has 7 nitrogen and oxygen atoms in total. The van der Waals surface area contributed by atoms with Gasteiger partial charge in [-0.1, -0.05) is 54.6 Å². The minimum atomic E-state index is -4.04. The lowest BCUT2D eigenvalue weighted by Gasteiger charge is -2.21. The first-order chi connectivity index (χ1) is 18.2. The summed E-state index contributed by atoms with van der Waals surface area (Å²) in [6.45, 7) is 3.75. The number of esters is 1. The van der Waals surface area contributed by atoms with E-state index in [0.717, 1.165) is 17.2 Å². The molecule has 5 rings (SSSR count). The summed E-state index contributed by atoms with van der Waals surface area (Å²) in [5, 5.41) is 2.83. The third kappa shape index (κ3) is 4.50. The Hall–Kier alpha value is -4.56. The van der Waals surface area contributed by atoms with Gasteiger partial charge in [-0.05, 0) is 61.4 Å². The van der Waals surface area contributed by atoms with Gasteiger partial charge in [0.1, 0.15) is 0 Å². The Labute approximate surface area is 220 Å². The number of nitrogens with one attached hydrogen (secondary N) is 1. The van der Waals surface area contributed by atoms with Crippen molar-refractivity contribution in [2.24, 2.45) is 0 Å². The summed E-state index contributed by atoms with van der Waals surface area (Å²) in [4.78, 5) is 39.1. The highest BCUT2D eigenvalue weighted by Gasteiger charge is 2.35. The van der Waals surface area contributed by atoms with Crippen LogP contribution in [0.25, 0.3) is 0 Å². The van der Waals surface area contributed by atoms with E-state index in [2.05, 4.69) is 5.32 Å². The van der Waals surface area contributed by atoms with Crippen LogP contribution in [0, 0.1) is 13.8 Å². The molecule has 0 aliphatic carbocycles. The van der Waals surface area contributed by atoms with E-state index >= 15 is 0 Å². The largest absolute Gasteiger partial charge is 0.444 e. The fourth-order valence-corrected chi connectivity index (χ4v) is 6.03. The van der Waals surface area contributed by atoms with Crippen LogP contribution in [0.5, 0.6) is 0 Å². The Kier molecular flexibility index (Phi) is 6.42. The van der Waals surface area contributed by atoms with Crippen LogP contribution < -0.4 is 5.32 Å². The maximum Gasteiger partial charge on any atom is 0.339 e. The van der Waals surface area contributed by atoms with E-state index in [0.29, 0.717) is 11.3 Å². The van der Waals surface area contributed by atoms with Crippen LogP contribution in [0.3, 0.4) is 0 Å². The van der Waals surface area contributed by atoms with Crippen molar-refractivity contribution in [3.8, 4) is 0 Å². The average molecular weight is 526 g/mol. The number of aryl methyl sites for hydroxylation is 2. The predicted molar refractivity (Wildman–Crippen MR) is 141 cm³/mol. The summed E-state index contributed by atoms with van der Waals surface area (Å²) in [6.07, 6.45) is -1.31. The average Bonchev–Trinajstić information content (AvgIpc) is 2.92. The predicted octanol–water partition coefficient (Wildman–Crippen LogP) is 5.22. The van der Waals surface area contributed by atoms with E-state index in [1.165, 1.54) is 30.3 Å². The van der Waals surface area contributed by atoms with Crippen LogP contribution in [-0.2, 0) is 19.4 Å². The van der Waals surface area contributed by atoms with Gasteiger partial charge in [0.15, 0.2) is 5.78 Å². The number of benzene rings is 4. The van der Waals surface area contributed by atoms with Crippen LogP contribution in [-0.4, -0.2) is 26.1 Å². The number of anilines is 1. The van der Waals surface area contributed by atoms with Crippen LogP contribution in [0.15, 0.2) is 101 Å². The third-order valence-corrected chi connectivity index (χ3v) is 8.24. The molecule has 4 aromatic rings. The van der Waals surface area contributed by atoms with Crippen molar-refractivity contribution < 1.29 is 27.5 Å². The van der Waals surface area contributed by atoms with Crippen molar-refractivity contribution in [1.29, 1.82) is 0 Å². The molecule has 0 fully saturated rings. The van der Waals surface area contributed by atoms with Crippen molar-refractivity contribution in [1.82, 2.24) is 0 Å². The summed E-state index contributed by atoms with van der Waals surface area (Å²) in [5.41, 5.74) is 2.79. The highest BCUT2D eigenvalue weighted by atomic mass is 32.2. The zero-order valence-corrected chi connectivity index (χ0v) is 21.4.